The first kappa shape index (κ1) is 25.5. The predicted octanol–water partition coefficient (Wildman–Crippen LogP) is 5.47. The molecule has 0 aliphatic heterocycles. The van der Waals surface area contributed by atoms with Crippen molar-refractivity contribution in [3.05, 3.63) is 126 Å². The van der Waals surface area contributed by atoms with E-state index in [1.54, 1.807) is 78.9 Å². The van der Waals surface area contributed by atoms with Gasteiger partial charge in [-0.05, 0) is 29.8 Å². The molecule has 2 amide bonds. The third-order valence-corrected chi connectivity index (χ3v) is 6.42. The van der Waals surface area contributed by atoms with Gasteiger partial charge in [0, 0.05) is 10.9 Å². The van der Waals surface area contributed by atoms with E-state index in [4.69, 9.17) is 9.15 Å². The van der Waals surface area contributed by atoms with Gasteiger partial charge >= 0.3 is 6.09 Å². The summed E-state index contributed by atoms with van der Waals surface area (Å²) in [5.41, 5.74) is 2.80. The minimum atomic E-state index is -1.38. The number of carbonyl (C=O) groups excluding carboxylic acids is 3. The summed E-state index contributed by atoms with van der Waals surface area (Å²) >= 11 is 0. The first-order valence-electron chi connectivity index (χ1n) is 12.8. The number of carbonyl (C=O) groups is 3. The van der Waals surface area contributed by atoms with Gasteiger partial charge in [-0.25, -0.2) is 9.48 Å². The molecule has 10 heteroatoms. The van der Waals surface area contributed by atoms with E-state index in [0.717, 1.165) is 5.56 Å². The maximum Gasteiger partial charge on any atom is 0.409 e. The van der Waals surface area contributed by atoms with Crippen molar-refractivity contribution in [2.75, 3.05) is 5.32 Å². The van der Waals surface area contributed by atoms with E-state index in [2.05, 4.69) is 20.9 Å². The summed E-state index contributed by atoms with van der Waals surface area (Å²) in [6.07, 6.45) is -2.22. The van der Waals surface area contributed by atoms with Crippen molar-refractivity contribution >= 4 is 45.5 Å². The summed E-state index contributed by atoms with van der Waals surface area (Å²) in [5.74, 6) is -1.14. The molecular formula is C31H23N5O5. The molecule has 0 aliphatic carbocycles. The Morgan fingerprint density at radius 1 is 0.829 bits per heavy atom. The number of hydrogen-bond acceptors (Lipinski definition) is 7. The van der Waals surface area contributed by atoms with Gasteiger partial charge in [-0.2, -0.15) is 0 Å². The van der Waals surface area contributed by atoms with E-state index < -0.39 is 23.9 Å². The van der Waals surface area contributed by atoms with Gasteiger partial charge in [0.1, 0.15) is 17.7 Å². The highest BCUT2D eigenvalue weighted by molar-refractivity contribution is 6.17. The first-order chi connectivity index (χ1) is 20.1. The van der Waals surface area contributed by atoms with E-state index in [-0.39, 0.29) is 18.1 Å². The number of anilines is 1. The number of para-hydroxylation sites is 2. The number of aromatic nitrogens is 3. The Bertz CT molecular complexity index is 1860. The molecule has 2 N–H and O–H groups in total. The number of nitrogens with one attached hydrogen (secondary N) is 2. The number of hydrogen-bond donors (Lipinski definition) is 2. The van der Waals surface area contributed by atoms with Crippen LogP contribution in [0.3, 0.4) is 0 Å². The van der Waals surface area contributed by atoms with Crippen molar-refractivity contribution in [1.29, 1.82) is 0 Å². The molecule has 2 aromatic heterocycles. The van der Waals surface area contributed by atoms with Crippen LogP contribution in [0.5, 0.6) is 0 Å². The molecule has 1 atom stereocenters. The second kappa shape index (κ2) is 11.1. The maximum absolute atomic E-state index is 13.9. The highest BCUT2D eigenvalue weighted by atomic mass is 16.5. The Morgan fingerprint density at radius 3 is 2.32 bits per heavy atom. The van der Waals surface area contributed by atoms with E-state index in [1.165, 1.54) is 4.68 Å². The van der Waals surface area contributed by atoms with Crippen LogP contribution in [0.15, 0.2) is 114 Å². The third kappa shape index (κ3) is 5.26. The van der Waals surface area contributed by atoms with Crippen molar-refractivity contribution in [3.63, 3.8) is 0 Å². The zero-order valence-corrected chi connectivity index (χ0v) is 21.6. The van der Waals surface area contributed by atoms with Crippen molar-refractivity contribution in [3.8, 4) is 0 Å². The fraction of sp³-hybridized carbons (Fsp3) is 0.0645. The number of rotatable bonds is 8. The third-order valence-electron chi connectivity index (χ3n) is 6.42. The van der Waals surface area contributed by atoms with Crippen molar-refractivity contribution in [2.24, 2.45) is 0 Å². The topological polar surface area (TPSA) is 128 Å². The Kier molecular flexibility index (Phi) is 6.93. The molecule has 41 heavy (non-hydrogen) atoms. The first-order valence-corrected chi connectivity index (χ1v) is 12.8. The zero-order valence-electron chi connectivity index (χ0n) is 21.6. The molecule has 202 valence electrons. The highest BCUT2D eigenvalue weighted by Crippen LogP contribution is 2.33. The number of amides is 2. The number of ketones is 1. The predicted molar refractivity (Wildman–Crippen MR) is 151 cm³/mol. The lowest BCUT2D eigenvalue weighted by Crippen LogP contribution is -2.41. The number of furan rings is 1. The van der Waals surface area contributed by atoms with Crippen LogP contribution in [0.4, 0.5) is 10.5 Å². The molecule has 0 saturated carbocycles. The molecule has 0 radical (unpaired) electrons. The van der Waals surface area contributed by atoms with Gasteiger partial charge < -0.3 is 14.5 Å². The molecular weight excluding hydrogens is 522 g/mol. The fourth-order valence-electron chi connectivity index (χ4n) is 4.43. The monoisotopic (exact) mass is 545 g/mol. The minimum Gasteiger partial charge on any atom is -0.450 e. The zero-order chi connectivity index (χ0) is 28.2. The largest absolute Gasteiger partial charge is 0.450 e. The summed E-state index contributed by atoms with van der Waals surface area (Å²) in [6, 6.07) is 31.8. The molecule has 0 aliphatic rings. The van der Waals surface area contributed by atoms with Gasteiger partial charge in [-0.1, -0.05) is 90.1 Å². The van der Waals surface area contributed by atoms with Gasteiger partial charge in [0.2, 0.25) is 11.9 Å². The normalized spacial score (nSPS) is 11.7. The molecule has 6 aromatic rings. The minimum absolute atomic E-state index is 0.00120. The highest BCUT2D eigenvalue weighted by Gasteiger charge is 2.30. The number of nitrogens with zero attached hydrogens (tertiary/aromatic N) is 3. The number of benzene rings is 4. The Labute approximate surface area is 233 Å². The van der Waals surface area contributed by atoms with Gasteiger partial charge in [-0.3, -0.25) is 14.9 Å². The molecule has 1 unspecified atom stereocenters. The van der Waals surface area contributed by atoms with Crippen LogP contribution >= 0.6 is 0 Å². The van der Waals surface area contributed by atoms with Crippen LogP contribution in [-0.2, 0) is 16.1 Å². The molecule has 10 nitrogen and oxygen atoms in total. The average molecular weight is 546 g/mol. The lowest BCUT2D eigenvalue weighted by molar-refractivity contribution is -0.120. The summed E-state index contributed by atoms with van der Waals surface area (Å²) in [5, 5.41) is 14.2. The molecule has 4 aromatic carbocycles. The van der Waals surface area contributed by atoms with Crippen molar-refractivity contribution in [2.45, 2.75) is 12.8 Å². The molecule has 0 saturated heterocycles. The maximum atomic E-state index is 13.9. The summed E-state index contributed by atoms with van der Waals surface area (Å²) in [7, 11) is 0. The van der Waals surface area contributed by atoms with E-state index in [9.17, 15) is 14.4 Å². The summed E-state index contributed by atoms with van der Waals surface area (Å²) in [4.78, 5) is 40.2. The van der Waals surface area contributed by atoms with Crippen LogP contribution in [0, 0.1) is 0 Å². The van der Waals surface area contributed by atoms with Gasteiger partial charge in [-0.15, -0.1) is 5.10 Å². The number of fused-ring (bicyclic) bond motifs is 2. The number of alkyl carbamates (subject to hydrolysis) is 1. The van der Waals surface area contributed by atoms with Gasteiger partial charge in [0.05, 0.1) is 11.2 Å². The van der Waals surface area contributed by atoms with Crippen LogP contribution in [0.1, 0.15) is 27.8 Å². The van der Waals surface area contributed by atoms with Crippen LogP contribution < -0.4 is 10.6 Å². The second-order valence-electron chi connectivity index (χ2n) is 9.12. The second-order valence-corrected chi connectivity index (χ2v) is 9.12. The van der Waals surface area contributed by atoms with Gasteiger partial charge in [0.25, 0.3) is 5.91 Å². The van der Waals surface area contributed by atoms with Crippen LogP contribution in [0.2, 0.25) is 0 Å². The van der Waals surface area contributed by atoms with Crippen molar-refractivity contribution < 1.29 is 23.5 Å². The number of ether oxygens (including phenoxy) is 1. The Balaban J connectivity index is 1.34. The molecule has 0 fully saturated rings. The Hall–Kier alpha value is -5.77. The lowest BCUT2D eigenvalue weighted by Gasteiger charge is -2.19. The molecule has 6 rings (SSSR count). The standard InChI is InChI=1S/C31H23N5O5/c37-27(21-13-5-2-6-14-21)28-26(22-15-7-10-18-25(22)41-28)32-30(38)29(36-24-17-9-8-16-23(24)34-35-36)33-31(39)40-19-20-11-3-1-4-12-20/h1-18,29H,19H2,(H,32,38)(H,33,39). The van der Waals surface area contributed by atoms with Crippen LogP contribution in [-0.4, -0.2) is 32.8 Å². The van der Waals surface area contributed by atoms with Crippen LogP contribution in [0.25, 0.3) is 22.0 Å². The van der Waals surface area contributed by atoms with E-state index in [1.807, 2.05) is 30.3 Å². The van der Waals surface area contributed by atoms with E-state index >= 15 is 0 Å². The molecule has 0 spiro atoms. The quantitative estimate of drug-likeness (QED) is 0.243. The summed E-state index contributed by atoms with van der Waals surface area (Å²) < 4.78 is 12.6. The van der Waals surface area contributed by atoms with E-state index in [0.29, 0.717) is 27.6 Å². The SMILES string of the molecule is O=C(NC(C(=O)Nc1c(C(=O)c2ccccc2)oc2ccccc12)n1nnc2ccccc21)OCc1ccccc1. The summed E-state index contributed by atoms with van der Waals surface area (Å²) in [6.45, 7) is 0.00120. The smallest absolute Gasteiger partial charge is 0.409 e. The molecule has 2 heterocycles. The Morgan fingerprint density at radius 2 is 1.51 bits per heavy atom. The van der Waals surface area contributed by atoms with Gasteiger partial charge in [0.15, 0.2) is 5.76 Å². The fourth-order valence-corrected chi connectivity index (χ4v) is 4.43. The molecule has 0 bridgehead atoms. The average Bonchev–Trinajstić information content (AvgIpc) is 3.61. The van der Waals surface area contributed by atoms with Crippen molar-refractivity contribution in [1.82, 2.24) is 20.3 Å². The lowest BCUT2D eigenvalue weighted by atomic mass is 10.1.